The Hall–Kier alpha value is -2.70. The molecule has 4 nitrogen and oxygen atoms in total. The van der Waals surface area contributed by atoms with Gasteiger partial charge in [0.05, 0.1) is 17.8 Å². The van der Waals surface area contributed by atoms with E-state index in [0.29, 0.717) is 27.7 Å². The fourth-order valence-corrected chi connectivity index (χ4v) is 4.77. The molecule has 0 unspecified atom stereocenters. The van der Waals surface area contributed by atoms with Crippen LogP contribution in [0.4, 0.5) is 0 Å². The third-order valence-electron chi connectivity index (χ3n) is 4.25. The molecule has 4 rings (SSSR count). The second-order valence-electron chi connectivity index (χ2n) is 6.45. The van der Waals surface area contributed by atoms with Crippen LogP contribution in [0.15, 0.2) is 76.7 Å². The average Bonchev–Trinajstić information content (AvgIpc) is 3.15. The van der Waals surface area contributed by atoms with Crippen molar-refractivity contribution in [2.24, 2.45) is 0 Å². The Bertz CT molecular complexity index is 1180. The van der Waals surface area contributed by atoms with E-state index in [1.807, 2.05) is 66.7 Å². The van der Waals surface area contributed by atoms with Gasteiger partial charge < -0.3 is 0 Å². The zero-order valence-electron chi connectivity index (χ0n) is 15.3. The van der Waals surface area contributed by atoms with Gasteiger partial charge in [0.2, 0.25) is 0 Å². The van der Waals surface area contributed by atoms with Crippen LogP contribution in [0.25, 0.3) is 20.7 Å². The van der Waals surface area contributed by atoms with Crippen molar-refractivity contribution in [3.8, 4) is 10.4 Å². The van der Waals surface area contributed by atoms with E-state index < -0.39 is 0 Å². The number of aromatic nitrogens is 2. The smallest absolute Gasteiger partial charge is 0.272 e. The molecule has 0 bridgehead atoms. The Labute approximate surface area is 170 Å². The molecule has 0 N–H and O–H groups in total. The Balaban J connectivity index is 1.84. The molecule has 0 saturated carbocycles. The van der Waals surface area contributed by atoms with Gasteiger partial charge in [-0.2, -0.15) is 0 Å². The summed E-state index contributed by atoms with van der Waals surface area (Å²) in [5.41, 5.74) is 2.71. The lowest BCUT2D eigenvalue weighted by atomic mass is 10.2. The van der Waals surface area contributed by atoms with Crippen LogP contribution in [0.2, 0.25) is 0 Å². The highest BCUT2D eigenvalue weighted by Gasteiger charge is 2.16. The lowest BCUT2D eigenvalue weighted by molar-refractivity contribution is -0.114. The number of thioether (sulfide) groups is 1. The van der Waals surface area contributed by atoms with Gasteiger partial charge in [0.15, 0.2) is 5.16 Å². The number of thiophene rings is 1. The Morgan fingerprint density at radius 2 is 1.75 bits per heavy atom. The summed E-state index contributed by atoms with van der Waals surface area (Å²) in [5, 5.41) is 0.578. The Kier molecular flexibility index (Phi) is 5.41. The molecule has 2 aromatic carbocycles. The molecule has 6 heteroatoms. The van der Waals surface area contributed by atoms with E-state index in [1.165, 1.54) is 23.1 Å². The monoisotopic (exact) mass is 406 g/mol. The van der Waals surface area contributed by atoms with Gasteiger partial charge in [0.1, 0.15) is 10.5 Å². The third kappa shape index (κ3) is 3.93. The quantitative estimate of drug-likeness (QED) is 0.339. The van der Waals surface area contributed by atoms with Crippen molar-refractivity contribution in [2.45, 2.75) is 18.6 Å². The summed E-state index contributed by atoms with van der Waals surface area (Å²) >= 11 is 2.78. The van der Waals surface area contributed by atoms with Gasteiger partial charge in [-0.15, -0.1) is 11.3 Å². The molecule has 0 fully saturated rings. The van der Waals surface area contributed by atoms with Crippen molar-refractivity contribution < 1.29 is 4.79 Å². The van der Waals surface area contributed by atoms with E-state index in [-0.39, 0.29) is 11.3 Å². The molecule has 140 valence electrons. The number of carbonyl (C=O) groups is 1. The van der Waals surface area contributed by atoms with Crippen LogP contribution in [-0.4, -0.2) is 21.1 Å². The molecule has 0 aliphatic carbocycles. The summed E-state index contributed by atoms with van der Waals surface area (Å²) in [4.78, 5) is 30.5. The highest BCUT2D eigenvalue weighted by molar-refractivity contribution is 7.99. The summed E-state index contributed by atoms with van der Waals surface area (Å²) in [7, 11) is 0. The van der Waals surface area contributed by atoms with Crippen LogP contribution in [-0.2, 0) is 11.3 Å². The number of hydrogen-bond acceptors (Lipinski definition) is 5. The molecule has 0 aliphatic heterocycles. The molecule has 0 radical (unpaired) electrons. The number of Topliss-reactive ketones (excluding diaryl/α,β-unsaturated/α-hetero) is 1. The zero-order chi connectivity index (χ0) is 19.5. The molecule has 0 atom stereocenters. The SMILES string of the molecule is CC(=O)CSc1nc2cc(-c3ccccc3)sc2c(=O)n1Cc1ccccc1. The van der Waals surface area contributed by atoms with Crippen LogP contribution in [0.3, 0.4) is 0 Å². The van der Waals surface area contributed by atoms with E-state index in [9.17, 15) is 9.59 Å². The van der Waals surface area contributed by atoms with Gasteiger partial charge in [0, 0.05) is 4.88 Å². The van der Waals surface area contributed by atoms with Crippen LogP contribution in [0.1, 0.15) is 12.5 Å². The van der Waals surface area contributed by atoms with Gasteiger partial charge >= 0.3 is 0 Å². The number of carbonyl (C=O) groups excluding carboxylic acids is 1. The highest BCUT2D eigenvalue weighted by Crippen LogP contribution is 2.32. The van der Waals surface area contributed by atoms with Crippen LogP contribution < -0.4 is 5.56 Å². The van der Waals surface area contributed by atoms with Gasteiger partial charge in [0.25, 0.3) is 5.56 Å². The van der Waals surface area contributed by atoms with Crippen molar-refractivity contribution in [3.05, 3.63) is 82.6 Å². The fourth-order valence-electron chi connectivity index (χ4n) is 2.92. The molecule has 0 aliphatic rings. The first-order valence-electron chi connectivity index (χ1n) is 8.88. The average molecular weight is 407 g/mol. The predicted molar refractivity (Wildman–Crippen MR) is 116 cm³/mol. The van der Waals surface area contributed by atoms with Crippen molar-refractivity contribution in [2.75, 3.05) is 5.75 Å². The summed E-state index contributed by atoms with van der Waals surface area (Å²) in [5.74, 6) is 0.350. The van der Waals surface area contributed by atoms with Crippen LogP contribution in [0.5, 0.6) is 0 Å². The first-order chi connectivity index (χ1) is 13.6. The maximum absolute atomic E-state index is 13.3. The minimum Gasteiger partial charge on any atom is -0.299 e. The number of ketones is 1. The van der Waals surface area contributed by atoms with E-state index >= 15 is 0 Å². The first kappa shape index (κ1) is 18.7. The van der Waals surface area contributed by atoms with E-state index in [1.54, 1.807) is 11.5 Å². The van der Waals surface area contributed by atoms with Gasteiger partial charge in [-0.1, -0.05) is 72.4 Å². The molecule has 2 aromatic heterocycles. The van der Waals surface area contributed by atoms with Crippen molar-refractivity contribution in [1.82, 2.24) is 9.55 Å². The zero-order valence-corrected chi connectivity index (χ0v) is 16.9. The molecule has 2 heterocycles. The van der Waals surface area contributed by atoms with Gasteiger partial charge in [-0.05, 0) is 24.1 Å². The van der Waals surface area contributed by atoms with Crippen LogP contribution in [0, 0.1) is 0 Å². The lowest BCUT2D eigenvalue weighted by Crippen LogP contribution is -2.23. The van der Waals surface area contributed by atoms with E-state index in [4.69, 9.17) is 4.98 Å². The Morgan fingerprint density at radius 1 is 1.07 bits per heavy atom. The number of rotatable bonds is 6. The third-order valence-corrected chi connectivity index (χ3v) is 6.53. The summed E-state index contributed by atoms with van der Waals surface area (Å²) in [6.07, 6.45) is 0. The predicted octanol–water partition coefficient (Wildman–Crippen LogP) is 4.85. The summed E-state index contributed by atoms with van der Waals surface area (Å²) in [6.45, 7) is 1.98. The minimum absolute atomic E-state index is 0.0564. The molecule has 4 aromatic rings. The lowest BCUT2D eigenvalue weighted by Gasteiger charge is -2.11. The molecule has 0 spiro atoms. The van der Waals surface area contributed by atoms with E-state index in [0.717, 1.165) is 16.0 Å². The van der Waals surface area contributed by atoms with Gasteiger partial charge in [-0.3, -0.25) is 14.2 Å². The number of hydrogen-bond donors (Lipinski definition) is 0. The molecule has 28 heavy (non-hydrogen) atoms. The molecular weight excluding hydrogens is 388 g/mol. The minimum atomic E-state index is -0.0629. The van der Waals surface area contributed by atoms with Crippen molar-refractivity contribution in [1.29, 1.82) is 0 Å². The topological polar surface area (TPSA) is 52.0 Å². The van der Waals surface area contributed by atoms with Crippen molar-refractivity contribution >= 4 is 39.1 Å². The maximum Gasteiger partial charge on any atom is 0.272 e. The number of nitrogens with zero attached hydrogens (tertiary/aromatic N) is 2. The largest absolute Gasteiger partial charge is 0.299 e. The number of benzene rings is 2. The first-order valence-corrected chi connectivity index (χ1v) is 10.7. The normalized spacial score (nSPS) is 11.0. The second-order valence-corrected chi connectivity index (χ2v) is 8.45. The number of fused-ring (bicyclic) bond motifs is 1. The van der Waals surface area contributed by atoms with Crippen LogP contribution >= 0.6 is 23.1 Å². The van der Waals surface area contributed by atoms with E-state index in [2.05, 4.69) is 0 Å². The molecular formula is C22H18N2O2S2. The van der Waals surface area contributed by atoms with Crippen molar-refractivity contribution in [3.63, 3.8) is 0 Å². The molecule has 0 saturated heterocycles. The second kappa shape index (κ2) is 8.12. The fraction of sp³-hybridized carbons (Fsp3) is 0.136. The standard InChI is InChI=1S/C22H18N2O2S2/c1-15(25)14-27-22-23-18-12-19(17-10-6-3-7-11-17)28-20(18)21(26)24(22)13-16-8-4-2-5-9-16/h2-12H,13-14H2,1H3. The highest BCUT2D eigenvalue weighted by atomic mass is 32.2. The molecule has 0 amide bonds. The summed E-state index contributed by atoms with van der Waals surface area (Å²) in [6, 6.07) is 21.8. The Morgan fingerprint density at radius 3 is 2.43 bits per heavy atom. The van der Waals surface area contributed by atoms with Gasteiger partial charge in [-0.25, -0.2) is 4.98 Å². The maximum atomic E-state index is 13.3. The summed E-state index contributed by atoms with van der Waals surface area (Å²) < 4.78 is 2.32.